The van der Waals surface area contributed by atoms with Gasteiger partial charge in [-0.05, 0) is 49.4 Å². The second-order valence-electron chi connectivity index (χ2n) is 8.25. The van der Waals surface area contributed by atoms with E-state index < -0.39 is 10.2 Å². The number of nitrogens with zero attached hydrogens (tertiary/aromatic N) is 2. The molecule has 3 unspecified atom stereocenters. The van der Waals surface area contributed by atoms with Gasteiger partial charge < -0.3 is 5.73 Å². The van der Waals surface area contributed by atoms with Gasteiger partial charge in [-0.15, -0.1) is 12.4 Å². The van der Waals surface area contributed by atoms with Crippen molar-refractivity contribution in [1.82, 2.24) is 8.61 Å². The van der Waals surface area contributed by atoms with Gasteiger partial charge in [0.25, 0.3) is 10.2 Å². The Hall–Kier alpha value is 0.120. The minimum absolute atomic E-state index is 0. The SMILES string of the molecule is CC(C)CCN(CCC(C)C)S(=O)(=O)N1CC2CCC(N)C2C1.Cl. The zero-order valence-electron chi connectivity index (χ0n) is 15.6. The zero-order chi connectivity index (χ0) is 17.2. The molecular weight excluding hydrogens is 346 g/mol. The van der Waals surface area contributed by atoms with Gasteiger partial charge in [0.2, 0.25) is 0 Å². The molecule has 0 amide bonds. The number of hydrogen-bond donors (Lipinski definition) is 1. The summed E-state index contributed by atoms with van der Waals surface area (Å²) in [5.41, 5.74) is 6.16. The summed E-state index contributed by atoms with van der Waals surface area (Å²) in [5.74, 6) is 1.86. The molecule has 2 fully saturated rings. The Balaban J connectivity index is 0.00000288. The van der Waals surface area contributed by atoms with Gasteiger partial charge in [-0.25, -0.2) is 0 Å². The molecule has 3 atom stereocenters. The molecule has 1 aliphatic carbocycles. The van der Waals surface area contributed by atoms with E-state index in [9.17, 15) is 8.42 Å². The van der Waals surface area contributed by atoms with Gasteiger partial charge >= 0.3 is 0 Å². The van der Waals surface area contributed by atoms with Crippen molar-refractivity contribution in [3.8, 4) is 0 Å². The van der Waals surface area contributed by atoms with E-state index in [2.05, 4.69) is 27.7 Å². The Labute approximate surface area is 154 Å². The van der Waals surface area contributed by atoms with E-state index >= 15 is 0 Å². The lowest BCUT2D eigenvalue weighted by atomic mass is 9.98. The molecule has 1 heterocycles. The maximum absolute atomic E-state index is 13.1. The third-order valence-electron chi connectivity index (χ3n) is 5.44. The molecule has 24 heavy (non-hydrogen) atoms. The lowest BCUT2D eigenvalue weighted by Gasteiger charge is -2.29. The molecule has 0 spiro atoms. The van der Waals surface area contributed by atoms with Crippen LogP contribution in [0.2, 0.25) is 0 Å². The van der Waals surface area contributed by atoms with E-state index in [0.29, 0.717) is 49.9 Å². The van der Waals surface area contributed by atoms with E-state index in [0.717, 1.165) is 25.7 Å². The molecule has 2 rings (SSSR count). The highest BCUT2D eigenvalue weighted by Gasteiger charge is 2.46. The quantitative estimate of drug-likeness (QED) is 0.702. The van der Waals surface area contributed by atoms with Crippen LogP contribution in [0.15, 0.2) is 0 Å². The zero-order valence-corrected chi connectivity index (χ0v) is 17.3. The smallest absolute Gasteiger partial charge is 0.281 e. The minimum Gasteiger partial charge on any atom is -0.327 e. The summed E-state index contributed by atoms with van der Waals surface area (Å²) >= 11 is 0. The number of fused-ring (bicyclic) bond motifs is 1. The Kier molecular flexibility index (Phi) is 8.47. The van der Waals surface area contributed by atoms with Gasteiger partial charge in [-0.2, -0.15) is 17.0 Å². The molecule has 1 saturated heterocycles. The fourth-order valence-corrected chi connectivity index (χ4v) is 5.50. The summed E-state index contributed by atoms with van der Waals surface area (Å²) in [6, 6.07) is 0.181. The van der Waals surface area contributed by atoms with Crippen LogP contribution in [0, 0.1) is 23.7 Å². The first-order valence-electron chi connectivity index (χ1n) is 9.22. The van der Waals surface area contributed by atoms with Gasteiger partial charge in [0, 0.05) is 32.2 Å². The van der Waals surface area contributed by atoms with Crippen LogP contribution in [-0.2, 0) is 10.2 Å². The van der Waals surface area contributed by atoms with Crippen LogP contribution in [-0.4, -0.2) is 49.2 Å². The molecular formula is C17H36ClN3O2S. The fourth-order valence-electron chi connectivity index (χ4n) is 3.77. The Morgan fingerprint density at radius 3 is 2.04 bits per heavy atom. The first-order valence-corrected chi connectivity index (χ1v) is 10.6. The van der Waals surface area contributed by atoms with E-state index in [1.165, 1.54) is 0 Å². The Morgan fingerprint density at radius 2 is 1.58 bits per heavy atom. The second kappa shape index (κ2) is 9.17. The van der Waals surface area contributed by atoms with Gasteiger partial charge in [0.15, 0.2) is 0 Å². The first kappa shape index (κ1) is 22.2. The van der Waals surface area contributed by atoms with E-state index in [-0.39, 0.29) is 18.4 Å². The minimum atomic E-state index is -3.35. The van der Waals surface area contributed by atoms with Crippen molar-refractivity contribution in [2.24, 2.45) is 29.4 Å². The summed E-state index contributed by atoms with van der Waals surface area (Å²) < 4.78 is 29.6. The summed E-state index contributed by atoms with van der Waals surface area (Å²) in [6.07, 6.45) is 3.96. The molecule has 7 heteroatoms. The highest BCUT2D eigenvalue weighted by molar-refractivity contribution is 7.86. The average molecular weight is 382 g/mol. The third kappa shape index (κ3) is 5.31. The lowest BCUT2D eigenvalue weighted by molar-refractivity contribution is 0.319. The van der Waals surface area contributed by atoms with Crippen molar-refractivity contribution < 1.29 is 8.42 Å². The molecule has 2 N–H and O–H groups in total. The van der Waals surface area contributed by atoms with Crippen LogP contribution in [0.3, 0.4) is 0 Å². The van der Waals surface area contributed by atoms with Gasteiger partial charge in [0.1, 0.15) is 0 Å². The fraction of sp³-hybridized carbons (Fsp3) is 1.00. The standard InChI is InChI=1S/C17H35N3O2S.ClH/c1-13(2)7-9-19(10-8-14(3)4)23(21,22)20-11-15-5-6-17(18)16(15)12-20;/h13-17H,5-12,18H2,1-4H3;1H. The van der Waals surface area contributed by atoms with Gasteiger partial charge in [-0.3, -0.25) is 0 Å². The van der Waals surface area contributed by atoms with Crippen molar-refractivity contribution in [3.63, 3.8) is 0 Å². The average Bonchev–Trinajstić information content (AvgIpc) is 3.01. The molecule has 1 aliphatic heterocycles. The Bertz CT molecular complexity index is 472. The number of rotatable bonds is 8. The van der Waals surface area contributed by atoms with E-state index in [1.54, 1.807) is 8.61 Å². The summed E-state index contributed by atoms with van der Waals surface area (Å²) in [6.45, 7) is 11.1. The third-order valence-corrected chi connectivity index (χ3v) is 7.41. The van der Waals surface area contributed by atoms with Crippen LogP contribution >= 0.6 is 12.4 Å². The topological polar surface area (TPSA) is 66.6 Å². The summed E-state index contributed by atoms with van der Waals surface area (Å²) in [7, 11) is -3.35. The summed E-state index contributed by atoms with van der Waals surface area (Å²) in [4.78, 5) is 0. The number of nitrogens with two attached hydrogens (primary N) is 1. The molecule has 5 nitrogen and oxygen atoms in total. The number of halogens is 1. The molecule has 2 aliphatic rings. The Morgan fingerprint density at radius 1 is 1.04 bits per heavy atom. The monoisotopic (exact) mass is 381 g/mol. The van der Waals surface area contributed by atoms with Crippen LogP contribution in [0.25, 0.3) is 0 Å². The van der Waals surface area contributed by atoms with Crippen LogP contribution in [0.5, 0.6) is 0 Å². The molecule has 0 bridgehead atoms. The van der Waals surface area contributed by atoms with E-state index in [4.69, 9.17) is 5.73 Å². The maximum atomic E-state index is 13.1. The van der Waals surface area contributed by atoms with Crippen molar-refractivity contribution in [2.45, 2.75) is 59.4 Å². The van der Waals surface area contributed by atoms with Crippen molar-refractivity contribution in [3.05, 3.63) is 0 Å². The molecule has 0 aromatic heterocycles. The van der Waals surface area contributed by atoms with E-state index in [1.807, 2.05) is 0 Å². The molecule has 0 aromatic carbocycles. The van der Waals surface area contributed by atoms with Gasteiger partial charge in [0.05, 0.1) is 0 Å². The highest BCUT2D eigenvalue weighted by atomic mass is 35.5. The molecule has 0 aromatic rings. The lowest BCUT2D eigenvalue weighted by Crippen LogP contribution is -2.45. The molecule has 0 radical (unpaired) electrons. The molecule has 1 saturated carbocycles. The number of hydrogen-bond acceptors (Lipinski definition) is 3. The van der Waals surface area contributed by atoms with Crippen molar-refractivity contribution >= 4 is 22.6 Å². The largest absolute Gasteiger partial charge is 0.327 e. The second-order valence-corrected chi connectivity index (χ2v) is 10.2. The molecule has 144 valence electrons. The highest BCUT2D eigenvalue weighted by Crippen LogP contribution is 2.38. The van der Waals surface area contributed by atoms with Gasteiger partial charge in [-0.1, -0.05) is 27.7 Å². The predicted molar refractivity (Wildman–Crippen MR) is 102 cm³/mol. The van der Waals surface area contributed by atoms with Crippen LogP contribution in [0.1, 0.15) is 53.4 Å². The van der Waals surface area contributed by atoms with Crippen LogP contribution < -0.4 is 5.73 Å². The first-order chi connectivity index (χ1) is 10.7. The summed E-state index contributed by atoms with van der Waals surface area (Å²) in [5, 5.41) is 0. The normalized spacial score (nSPS) is 27.9. The van der Waals surface area contributed by atoms with Crippen LogP contribution in [0.4, 0.5) is 0 Å². The maximum Gasteiger partial charge on any atom is 0.281 e. The van der Waals surface area contributed by atoms with Crippen molar-refractivity contribution in [1.29, 1.82) is 0 Å². The van der Waals surface area contributed by atoms with Crippen molar-refractivity contribution in [2.75, 3.05) is 26.2 Å². The predicted octanol–water partition coefficient (Wildman–Crippen LogP) is 2.72.